The normalized spacial score (nSPS) is 14.2. The summed E-state index contributed by atoms with van der Waals surface area (Å²) in [4.78, 5) is 8.88. The van der Waals surface area contributed by atoms with E-state index in [1.165, 1.54) is 6.07 Å². The Kier molecular flexibility index (Phi) is 4.06. The van der Waals surface area contributed by atoms with Crippen molar-refractivity contribution in [3.05, 3.63) is 52.2 Å². The van der Waals surface area contributed by atoms with Crippen LogP contribution in [0.15, 0.2) is 24.3 Å². The van der Waals surface area contributed by atoms with Gasteiger partial charge in [0.15, 0.2) is 0 Å². The summed E-state index contributed by atoms with van der Waals surface area (Å²) >= 11 is 6.16. The summed E-state index contributed by atoms with van der Waals surface area (Å²) in [6.07, 6.45) is 2.87. The fourth-order valence-electron chi connectivity index (χ4n) is 2.22. The molecule has 0 bridgehead atoms. The maximum absolute atomic E-state index is 13.6. The number of rotatable bonds is 5. The Morgan fingerprint density at radius 1 is 1.29 bits per heavy atom. The van der Waals surface area contributed by atoms with Crippen molar-refractivity contribution >= 4 is 17.4 Å². The molecule has 1 fully saturated rings. The highest BCUT2D eigenvalue weighted by Gasteiger charge is 2.27. The zero-order valence-electron chi connectivity index (χ0n) is 11.9. The van der Waals surface area contributed by atoms with Gasteiger partial charge in [-0.25, -0.2) is 14.4 Å². The monoisotopic (exact) mass is 305 g/mol. The second kappa shape index (κ2) is 5.98. The number of aromatic nitrogens is 2. The van der Waals surface area contributed by atoms with E-state index in [9.17, 15) is 4.39 Å². The number of benzene rings is 1. The van der Waals surface area contributed by atoms with E-state index in [0.717, 1.165) is 30.0 Å². The minimum Gasteiger partial charge on any atom is -0.369 e. The first kappa shape index (κ1) is 14.3. The maximum atomic E-state index is 13.6. The van der Waals surface area contributed by atoms with Gasteiger partial charge in [0.05, 0.1) is 0 Å². The molecular formula is C16H17ClFN3. The zero-order chi connectivity index (χ0) is 14.8. The van der Waals surface area contributed by atoms with Crippen LogP contribution in [0.2, 0.25) is 5.15 Å². The molecule has 3 rings (SSSR count). The molecule has 1 aromatic carbocycles. The zero-order valence-corrected chi connectivity index (χ0v) is 12.6. The Hall–Kier alpha value is -1.68. The van der Waals surface area contributed by atoms with Gasteiger partial charge in [0, 0.05) is 18.0 Å². The minimum absolute atomic E-state index is 0.171. The molecule has 0 amide bonds. The van der Waals surface area contributed by atoms with Gasteiger partial charge < -0.3 is 5.32 Å². The smallest absolute Gasteiger partial charge is 0.137 e. The van der Waals surface area contributed by atoms with Gasteiger partial charge in [-0.3, -0.25) is 0 Å². The first-order valence-electron chi connectivity index (χ1n) is 7.16. The second-order valence-electron chi connectivity index (χ2n) is 5.39. The molecule has 0 unspecified atom stereocenters. The molecule has 1 heterocycles. The van der Waals surface area contributed by atoms with Crippen LogP contribution in [0.1, 0.15) is 35.7 Å². The Labute approximate surface area is 128 Å². The van der Waals surface area contributed by atoms with Crippen molar-refractivity contribution in [3.8, 4) is 0 Å². The van der Waals surface area contributed by atoms with Crippen LogP contribution in [0.3, 0.4) is 0 Å². The van der Waals surface area contributed by atoms with Crippen molar-refractivity contribution in [3.63, 3.8) is 0 Å². The van der Waals surface area contributed by atoms with Crippen molar-refractivity contribution in [2.75, 3.05) is 11.9 Å². The van der Waals surface area contributed by atoms with Gasteiger partial charge >= 0.3 is 0 Å². The fourth-order valence-corrected chi connectivity index (χ4v) is 2.39. The molecule has 1 saturated carbocycles. The molecule has 2 aromatic rings. The van der Waals surface area contributed by atoms with Gasteiger partial charge in [0.1, 0.15) is 22.6 Å². The van der Waals surface area contributed by atoms with E-state index >= 15 is 0 Å². The lowest BCUT2D eigenvalue weighted by atomic mass is 10.1. The number of anilines is 1. The molecule has 1 aromatic heterocycles. The van der Waals surface area contributed by atoms with E-state index in [0.29, 0.717) is 29.6 Å². The predicted molar refractivity (Wildman–Crippen MR) is 82.3 cm³/mol. The number of nitrogens with one attached hydrogen (secondary N) is 1. The molecule has 1 aliphatic rings. The Morgan fingerprint density at radius 3 is 2.76 bits per heavy atom. The molecule has 21 heavy (non-hydrogen) atoms. The summed E-state index contributed by atoms with van der Waals surface area (Å²) in [6.45, 7) is 2.50. The topological polar surface area (TPSA) is 37.8 Å². The summed E-state index contributed by atoms with van der Waals surface area (Å²) in [6, 6.07) is 6.82. The summed E-state index contributed by atoms with van der Waals surface area (Å²) < 4.78 is 13.6. The lowest BCUT2D eigenvalue weighted by Crippen LogP contribution is -2.10. The summed E-state index contributed by atoms with van der Waals surface area (Å²) in [5.74, 6) is 1.86. The van der Waals surface area contributed by atoms with Gasteiger partial charge in [0.2, 0.25) is 0 Å². The molecule has 0 radical (unpaired) electrons. The van der Waals surface area contributed by atoms with Crippen LogP contribution < -0.4 is 5.32 Å². The van der Waals surface area contributed by atoms with Crippen LogP contribution in [0.4, 0.5) is 10.2 Å². The summed E-state index contributed by atoms with van der Waals surface area (Å²) in [7, 11) is 0. The average Bonchev–Trinajstić information content (AvgIpc) is 3.30. The molecular weight excluding hydrogens is 289 g/mol. The van der Waals surface area contributed by atoms with Gasteiger partial charge in [-0.2, -0.15) is 0 Å². The highest BCUT2D eigenvalue weighted by molar-refractivity contribution is 6.30. The number of hydrogen-bond donors (Lipinski definition) is 1. The SMILES string of the molecule is Cc1c(Cl)nc(C2CC2)nc1NCCc1ccccc1F. The van der Waals surface area contributed by atoms with Gasteiger partial charge in [0.25, 0.3) is 0 Å². The number of nitrogens with zero attached hydrogens (tertiary/aromatic N) is 2. The van der Waals surface area contributed by atoms with Gasteiger partial charge in [-0.05, 0) is 37.8 Å². The van der Waals surface area contributed by atoms with Crippen LogP contribution >= 0.6 is 11.6 Å². The molecule has 110 valence electrons. The van der Waals surface area contributed by atoms with E-state index in [2.05, 4.69) is 15.3 Å². The van der Waals surface area contributed by atoms with E-state index in [1.54, 1.807) is 12.1 Å². The third kappa shape index (κ3) is 3.32. The molecule has 0 atom stereocenters. The maximum Gasteiger partial charge on any atom is 0.137 e. The first-order chi connectivity index (χ1) is 10.1. The van der Waals surface area contributed by atoms with Crippen LogP contribution in [0, 0.1) is 12.7 Å². The van der Waals surface area contributed by atoms with Crippen molar-refractivity contribution in [1.29, 1.82) is 0 Å². The second-order valence-corrected chi connectivity index (χ2v) is 5.75. The molecule has 1 N–H and O–H groups in total. The molecule has 1 aliphatic carbocycles. The standard InChI is InChI=1S/C16H17ClFN3/c1-10-14(17)20-16(12-6-7-12)21-15(10)19-9-8-11-4-2-3-5-13(11)18/h2-5,12H,6-9H2,1H3,(H,19,20,21). The van der Waals surface area contributed by atoms with Crippen LogP contribution in [-0.4, -0.2) is 16.5 Å². The average molecular weight is 306 g/mol. The Morgan fingerprint density at radius 2 is 2.05 bits per heavy atom. The lowest BCUT2D eigenvalue weighted by Gasteiger charge is -2.11. The van der Waals surface area contributed by atoms with Crippen molar-refractivity contribution in [2.24, 2.45) is 0 Å². The van der Waals surface area contributed by atoms with E-state index in [4.69, 9.17) is 11.6 Å². The summed E-state index contributed by atoms with van der Waals surface area (Å²) in [5, 5.41) is 3.75. The molecule has 0 spiro atoms. The largest absolute Gasteiger partial charge is 0.369 e. The van der Waals surface area contributed by atoms with E-state index in [1.807, 2.05) is 13.0 Å². The summed E-state index contributed by atoms with van der Waals surface area (Å²) in [5.41, 5.74) is 1.54. The third-order valence-corrected chi connectivity index (χ3v) is 4.06. The van der Waals surface area contributed by atoms with Crippen LogP contribution in [0.25, 0.3) is 0 Å². The van der Waals surface area contributed by atoms with Crippen LogP contribution in [-0.2, 0) is 6.42 Å². The predicted octanol–water partition coefficient (Wildman–Crippen LogP) is 4.11. The van der Waals surface area contributed by atoms with E-state index in [-0.39, 0.29) is 5.82 Å². The van der Waals surface area contributed by atoms with Gasteiger partial charge in [-0.15, -0.1) is 0 Å². The lowest BCUT2D eigenvalue weighted by molar-refractivity contribution is 0.610. The highest BCUT2D eigenvalue weighted by Crippen LogP contribution is 2.39. The first-order valence-corrected chi connectivity index (χ1v) is 7.54. The molecule has 0 aliphatic heterocycles. The molecule has 3 nitrogen and oxygen atoms in total. The fraction of sp³-hybridized carbons (Fsp3) is 0.375. The number of hydrogen-bond acceptors (Lipinski definition) is 3. The quantitative estimate of drug-likeness (QED) is 0.845. The van der Waals surface area contributed by atoms with Crippen LogP contribution in [0.5, 0.6) is 0 Å². The van der Waals surface area contributed by atoms with E-state index < -0.39 is 0 Å². The van der Waals surface area contributed by atoms with Gasteiger partial charge in [-0.1, -0.05) is 29.8 Å². The highest BCUT2D eigenvalue weighted by atomic mass is 35.5. The minimum atomic E-state index is -0.171. The Balaban J connectivity index is 1.69. The number of halogens is 2. The molecule has 5 heteroatoms. The van der Waals surface area contributed by atoms with Crippen molar-refractivity contribution in [2.45, 2.75) is 32.1 Å². The Bertz CT molecular complexity index is 656. The third-order valence-electron chi connectivity index (χ3n) is 3.69. The van der Waals surface area contributed by atoms with Crippen molar-refractivity contribution < 1.29 is 4.39 Å². The van der Waals surface area contributed by atoms with Crippen molar-refractivity contribution in [1.82, 2.24) is 9.97 Å². The molecule has 0 saturated heterocycles.